The van der Waals surface area contributed by atoms with Crippen LogP contribution in [-0.2, 0) is 18.4 Å². The highest BCUT2D eigenvalue weighted by molar-refractivity contribution is 6.35. The Kier molecular flexibility index (Phi) is 8.94. The van der Waals surface area contributed by atoms with Gasteiger partial charge in [0.05, 0.1) is 25.4 Å². The van der Waals surface area contributed by atoms with Crippen LogP contribution in [0.15, 0.2) is 66.7 Å². The molecule has 5 rings (SSSR count). The summed E-state index contributed by atoms with van der Waals surface area (Å²) in [6, 6.07) is 20.3. The number of para-hydroxylation sites is 1. The first kappa shape index (κ1) is 30.1. The number of amides is 2. The van der Waals surface area contributed by atoms with Crippen molar-refractivity contribution in [3.05, 3.63) is 93.6 Å². The topological polar surface area (TPSA) is 75.0 Å². The minimum absolute atomic E-state index is 0.162. The Bertz CT molecular complexity index is 1610. The number of carbonyl (C=O) groups excluding carboxylic acids is 2. The van der Waals surface area contributed by atoms with Gasteiger partial charge in [0.2, 0.25) is 0 Å². The molecule has 0 aliphatic carbocycles. The summed E-state index contributed by atoms with van der Waals surface area (Å²) in [6.07, 6.45) is -0.416. The molecular formula is C33H35Cl2N3O4. The number of aryl methyl sites for hydroxylation is 1. The molecule has 4 aromatic rings. The van der Waals surface area contributed by atoms with E-state index in [1.807, 2.05) is 74.0 Å². The van der Waals surface area contributed by atoms with Crippen LogP contribution in [0.2, 0.25) is 10.0 Å². The van der Waals surface area contributed by atoms with Crippen LogP contribution in [-0.4, -0.2) is 70.2 Å². The van der Waals surface area contributed by atoms with Crippen molar-refractivity contribution < 1.29 is 19.4 Å². The third-order valence-electron chi connectivity index (χ3n) is 8.14. The van der Waals surface area contributed by atoms with E-state index in [4.69, 9.17) is 27.9 Å². The summed E-state index contributed by atoms with van der Waals surface area (Å²) in [5, 5.41) is 11.9. The molecule has 2 amide bonds. The number of fused-ring (bicyclic) bond motifs is 5. The van der Waals surface area contributed by atoms with Gasteiger partial charge in [-0.2, -0.15) is 0 Å². The predicted octanol–water partition coefficient (Wildman–Crippen LogP) is 6.28. The molecule has 1 N–H and O–H groups in total. The fourth-order valence-electron chi connectivity index (χ4n) is 5.78. The summed E-state index contributed by atoms with van der Waals surface area (Å²) < 4.78 is 8.54. The molecule has 1 aromatic heterocycles. The first-order valence-electron chi connectivity index (χ1n) is 14.0. The number of benzene rings is 3. The van der Waals surface area contributed by atoms with E-state index in [0.29, 0.717) is 34.5 Å². The van der Waals surface area contributed by atoms with E-state index in [-0.39, 0.29) is 30.9 Å². The number of ether oxygens (including phenoxy) is 1. The second-order valence-electron chi connectivity index (χ2n) is 11.1. The normalized spacial score (nSPS) is 18.3. The van der Waals surface area contributed by atoms with E-state index in [1.54, 1.807) is 35.0 Å². The fourth-order valence-corrected chi connectivity index (χ4v) is 6.30. The lowest BCUT2D eigenvalue weighted by Gasteiger charge is -2.35. The van der Waals surface area contributed by atoms with E-state index in [0.717, 1.165) is 27.6 Å². The Labute approximate surface area is 256 Å². The van der Waals surface area contributed by atoms with Crippen molar-refractivity contribution in [3.8, 4) is 11.1 Å². The van der Waals surface area contributed by atoms with Crippen molar-refractivity contribution in [2.75, 3.05) is 26.7 Å². The molecule has 0 saturated carbocycles. The Morgan fingerprint density at radius 1 is 1.10 bits per heavy atom. The molecule has 0 radical (unpaired) electrons. The molecule has 0 spiro atoms. The van der Waals surface area contributed by atoms with Gasteiger partial charge in [-0.15, -0.1) is 0 Å². The zero-order valence-corrected chi connectivity index (χ0v) is 25.7. The van der Waals surface area contributed by atoms with E-state index in [2.05, 4.69) is 0 Å². The molecule has 220 valence electrons. The van der Waals surface area contributed by atoms with Gasteiger partial charge < -0.3 is 24.2 Å². The number of hydrogen-bond donors (Lipinski definition) is 1. The molecule has 3 atom stereocenters. The second-order valence-corrected chi connectivity index (χ2v) is 12.0. The van der Waals surface area contributed by atoms with Gasteiger partial charge >= 0.3 is 0 Å². The maximum absolute atomic E-state index is 14.5. The Morgan fingerprint density at radius 3 is 2.48 bits per heavy atom. The van der Waals surface area contributed by atoms with Crippen LogP contribution < -0.4 is 0 Å². The maximum Gasteiger partial charge on any atom is 0.271 e. The monoisotopic (exact) mass is 607 g/mol. The summed E-state index contributed by atoms with van der Waals surface area (Å²) in [5.41, 5.74) is 4.62. The van der Waals surface area contributed by atoms with Crippen molar-refractivity contribution in [3.63, 3.8) is 0 Å². The van der Waals surface area contributed by atoms with Crippen molar-refractivity contribution in [1.29, 1.82) is 0 Å². The number of carbonyl (C=O) groups is 2. The van der Waals surface area contributed by atoms with Gasteiger partial charge in [-0.1, -0.05) is 72.6 Å². The minimum atomic E-state index is -0.435. The van der Waals surface area contributed by atoms with Crippen LogP contribution in [0.3, 0.4) is 0 Å². The minimum Gasteiger partial charge on any atom is -0.394 e. The number of hydrogen-bond acceptors (Lipinski definition) is 4. The lowest BCUT2D eigenvalue weighted by Crippen LogP contribution is -2.48. The standard InChI is InChI=1S/C33H35Cl2N3O4/c1-20-16-38(21(2)18-39)33(41)31-30(27-11-7-8-12-28(27)37(31)4)26-10-6-5-9-22(26)19-42-29(20)17-36(3)32(40)23-13-24(34)15-25(35)14-23/h5-15,20-21,29,39H,16-19H2,1-4H3/t20-,21+,29+/m0/s1. The number of aliphatic hydroxyl groups is 1. The number of aliphatic hydroxyl groups excluding tert-OH is 1. The van der Waals surface area contributed by atoms with E-state index in [9.17, 15) is 14.7 Å². The molecule has 9 heteroatoms. The van der Waals surface area contributed by atoms with Crippen LogP contribution >= 0.6 is 23.2 Å². The molecule has 7 nitrogen and oxygen atoms in total. The largest absolute Gasteiger partial charge is 0.394 e. The van der Waals surface area contributed by atoms with Gasteiger partial charge in [0.15, 0.2) is 0 Å². The summed E-state index contributed by atoms with van der Waals surface area (Å²) in [7, 11) is 3.63. The van der Waals surface area contributed by atoms with Crippen molar-refractivity contribution in [2.45, 2.75) is 32.6 Å². The summed E-state index contributed by atoms with van der Waals surface area (Å²) in [5.74, 6) is -0.574. The van der Waals surface area contributed by atoms with Gasteiger partial charge in [0, 0.05) is 65.2 Å². The predicted molar refractivity (Wildman–Crippen MR) is 167 cm³/mol. The zero-order valence-electron chi connectivity index (χ0n) is 24.2. The molecular weight excluding hydrogens is 573 g/mol. The lowest BCUT2D eigenvalue weighted by molar-refractivity contribution is -0.0210. The van der Waals surface area contributed by atoms with Crippen LogP contribution in [0, 0.1) is 5.92 Å². The zero-order chi connectivity index (χ0) is 30.1. The molecule has 1 aliphatic heterocycles. The maximum atomic E-state index is 14.5. The lowest BCUT2D eigenvalue weighted by atomic mass is 9.96. The fraction of sp³-hybridized carbons (Fsp3) is 0.333. The van der Waals surface area contributed by atoms with Crippen molar-refractivity contribution in [1.82, 2.24) is 14.4 Å². The average molecular weight is 609 g/mol. The third-order valence-corrected chi connectivity index (χ3v) is 8.57. The molecule has 42 heavy (non-hydrogen) atoms. The number of nitrogens with zero attached hydrogens (tertiary/aromatic N) is 3. The molecule has 2 heterocycles. The van der Waals surface area contributed by atoms with Gasteiger partial charge in [0.25, 0.3) is 11.8 Å². The molecule has 3 aromatic carbocycles. The van der Waals surface area contributed by atoms with Crippen molar-refractivity contribution in [2.24, 2.45) is 13.0 Å². The SMILES string of the molecule is C[C@H](CO)N1C[C@H](C)[C@@H](CN(C)C(=O)c2cc(Cl)cc(Cl)c2)OCc2ccccc2-c2c(n(C)c3ccccc23)C1=O. The van der Waals surface area contributed by atoms with Gasteiger partial charge in [-0.3, -0.25) is 9.59 Å². The summed E-state index contributed by atoms with van der Waals surface area (Å²) >= 11 is 12.3. The number of halogens is 2. The molecule has 0 saturated heterocycles. The summed E-state index contributed by atoms with van der Waals surface area (Å²) in [6.45, 7) is 4.56. The Balaban J connectivity index is 1.58. The van der Waals surface area contributed by atoms with Gasteiger partial charge in [-0.05, 0) is 42.3 Å². The number of rotatable bonds is 5. The molecule has 0 fully saturated rings. The third kappa shape index (κ3) is 5.79. The van der Waals surface area contributed by atoms with Crippen LogP contribution in [0.25, 0.3) is 22.0 Å². The molecule has 0 bridgehead atoms. The number of aromatic nitrogens is 1. The summed E-state index contributed by atoms with van der Waals surface area (Å²) in [4.78, 5) is 31.1. The highest BCUT2D eigenvalue weighted by atomic mass is 35.5. The average Bonchev–Trinajstić information content (AvgIpc) is 3.27. The van der Waals surface area contributed by atoms with E-state index < -0.39 is 12.1 Å². The van der Waals surface area contributed by atoms with Crippen LogP contribution in [0.1, 0.15) is 40.3 Å². The number of likely N-dealkylation sites (N-methyl/N-ethyl adjacent to an activating group) is 1. The Hall–Kier alpha value is -3.36. The second kappa shape index (κ2) is 12.5. The first-order chi connectivity index (χ1) is 20.1. The van der Waals surface area contributed by atoms with Crippen LogP contribution in [0.4, 0.5) is 0 Å². The van der Waals surface area contributed by atoms with Gasteiger partial charge in [0.1, 0.15) is 5.69 Å². The first-order valence-corrected chi connectivity index (χ1v) is 14.8. The van der Waals surface area contributed by atoms with E-state index in [1.165, 1.54) is 0 Å². The van der Waals surface area contributed by atoms with E-state index >= 15 is 0 Å². The van der Waals surface area contributed by atoms with Crippen LogP contribution in [0.5, 0.6) is 0 Å². The molecule has 1 aliphatic rings. The highest BCUT2D eigenvalue weighted by Crippen LogP contribution is 2.38. The van der Waals surface area contributed by atoms with Crippen molar-refractivity contribution >= 4 is 45.9 Å². The van der Waals surface area contributed by atoms with Gasteiger partial charge in [-0.25, -0.2) is 0 Å². The highest BCUT2D eigenvalue weighted by Gasteiger charge is 2.34. The molecule has 0 unspecified atom stereocenters. The Morgan fingerprint density at radius 2 is 1.76 bits per heavy atom. The quantitative estimate of drug-likeness (QED) is 0.290. The smallest absolute Gasteiger partial charge is 0.271 e.